The second kappa shape index (κ2) is 11.5. The minimum Gasteiger partial charge on any atom is -0.497 e. The maximum Gasteiger partial charge on any atom is 0.296 e. The van der Waals surface area contributed by atoms with Crippen LogP contribution in [0.5, 0.6) is 5.75 Å². The van der Waals surface area contributed by atoms with Gasteiger partial charge in [-0.2, -0.15) is 8.42 Å². The Labute approximate surface area is 201 Å². The summed E-state index contributed by atoms with van der Waals surface area (Å²) in [6.07, 6.45) is 8.28. The van der Waals surface area contributed by atoms with Gasteiger partial charge in [-0.15, -0.1) is 0 Å². The van der Waals surface area contributed by atoms with E-state index in [0.29, 0.717) is 24.5 Å². The monoisotopic (exact) mass is 486 g/mol. The molecule has 0 unspecified atom stereocenters. The molecule has 0 atom stereocenters. The maximum atomic E-state index is 12.5. The molecule has 184 valence electrons. The highest BCUT2D eigenvalue weighted by molar-refractivity contribution is 7.86. The topological polar surface area (TPSA) is 109 Å². The number of nitrogens with zero attached hydrogens (tertiary/aromatic N) is 3. The number of imidazole rings is 1. The Morgan fingerprint density at radius 1 is 1.12 bits per heavy atom. The van der Waals surface area contributed by atoms with Gasteiger partial charge in [0.25, 0.3) is 10.1 Å². The molecular formula is C25H34N4O4S. The van der Waals surface area contributed by atoms with E-state index < -0.39 is 10.1 Å². The molecule has 9 heteroatoms. The van der Waals surface area contributed by atoms with Gasteiger partial charge >= 0.3 is 0 Å². The number of hydrogen-bond acceptors (Lipinski definition) is 7. The van der Waals surface area contributed by atoms with Crippen molar-refractivity contribution in [2.75, 3.05) is 19.5 Å². The number of fused-ring (bicyclic) bond motifs is 1. The largest absolute Gasteiger partial charge is 0.497 e. The fourth-order valence-electron chi connectivity index (χ4n) is 3.90. The predicted molar refractivity (Wildman–Crippen MR) is 135 cm³/mol. The average Bonchev–Trinajstić information content (AvgIpc) is 3.19. The Bertz CT molecular complexity index is 1250. The lowest BCUT2D eigenvalue weighted by molar-refractivity contribution is 0.305. The van der Waals surface area contributed by atoms with Crippen molar-refractivity contribution in [3.05, 3.63) is 47.4 Å². The zero-order chi connectivity index (χ0) is 24.7. The average molecular weight is 487 g/mol. The smallest absolute Gasteiger partial charge is 0.296 e. The third kappa shape index (κ3) is 5.77. The summed E-state index contributed by atoms with van der Waals surface area (Å²) in [7, 11) is -2.28. The molecule has 0 saturated heterocycles. The van der Waals surface area contributed by atoms with Crippen molar-refractivity contribution in [2.24, 2.45) is 0 Å². The second-order valence-corrected chi connectivity index (χ2v) is 9.75. The number of rotatable bonds is 12. The van der Waals surface area contributed by atoms with Gasteiger partial charge in [-0.05, 0) is 57.4 Å². The number of nitrogens with two attached hydrogens (primary N) is 1. The molecule has 0 saturated carbocycles. The van der Waals surface area contributed by atoms with Crippen LogP contribution < -0.4 is 10.5 Å². The molecule has 0 aliphatic carbocycles. The number of hydrogen-bond donors (Lipinski definition) is 1. The van der Waals surface area contributed by atoms with Crippen molar-refractivity contribution in [1.29, 1.82) is 0 Å². The summed E-state index contributed by atoms with van der Waals surface area (Å²) in [4.78, 5) is 9.43. The number of anilines is 1. The van der Waals surface area contributed by atoms with E-state index in [1.54, 1.807) is 12.1 Å². The molecule has 8 nitrogen and oxygen atoms in total. The lowest BCUT2D eigenvalue weighted by Crippen LogP contribution is -2.10. The van der Waals surface area contributed by atoms with Crippen LogP contribution in [0.2, 0.25) is 0 Å². The van der Waals surface area contributed by atoms with Crippen molar-refractivity contribution in [3.63, 3.8) is 0 Å². The molecule has 0 aliphatic heterocycles. The highest BCUT2D eigenvalue weighted by Gasteiger charge is 2.19. The molecule has 34 heavy (non-hydrogen) atoms. The minimum atomic E-state index is -3.81. The summed E-state index contributed by atoms with van der Waals surface area (Å²) in [6.45, 7) is 6.87. The van der Waals surface area contributed by atoms with E-state index in [2.05, 4.69) is 16.5 Å². The fraction of sp³-hybridized carbons (Fsp3) is 0.440. The first-order valence-electron chi connectivity index (χ1n) is 11.6. The van der Waals surface area contributed by atoms with Gasteiger partial charge in [0.15, 0.2) is 5.82 Å². The number of ether oxygens (including phenoxy) is 1. The molecule has 3 rings (SSSR count). The molecule has 2 heterocycles. The Morgan fingerprint density at radius 2 is 1.85 bits per heavy atom. The van der Waals surface area contributed by atoms with Crippen LogP contribution in [-0.2, 0) is 27.3 Å². The molecule has 0 fully saturated rings. The molecule has 0 radical (unpaired) electrons. The third-order valence-electron chi connectivity index (χ3n) is 5.67. The van der Waals surface area contributed by atoms with Crippen molar-refractivity contribution in [1.82, 2.24) is 14.5 Å². The summed E-state index contributed by atoms with van der Waals surface area (Å²) in [5.74, 6) is 2.01. The molecule has 2 aromatic heterocycles. The van der Waals surface area contributed by atoms with Crippen LogP contribution in [0.4, 0.5) is 5.82 Å². The summed E-state index contributed by atoms with van der Waals surface area (Å²) in [5.41, 5.74) is 9.81. The molecule has 0 bridgehead atoms. The van der Waals surface area contributed by atoms with Crippen LogP contribution in [0.3, 0.4) is 0 Å². The summed E-state index contributed by atoms with van der Waals surface area (Å²) in [6, 6.07) is 6.16. The first kappa shape index (κ1) is 25.7. The van der Waals surface area contributed by atoms with Crippen LogP contribution in [0.1, 0.15) is 56.6 Å². The molecule has 3 aromatic rings. The molecule has 0 spiro atoms. The number of allylic oxidation sites excluding steroid dienone is 1. The van der Waals surface area contributed by atoms with Crippen LogP contribution in [-0.4, -0.2) is 36.7 Å². The van der Waals surface area contributed by atoms with Crippen LogP contribution in [0.15, 0.2) is 35.2 Å². The first-order chi connectivity index (χ1) is 16.3. The molecular weight excluding hydrogens is 452 g/mol. The highest BCUT2D eigenvalue weighted by Crippen LogP contribution is 2.29. The number of methoxy groups -OCH3 is 1. The van der Waals surface area contributed by atoms with E-state index in [9.17, 15) is 8.42 Å². The zero-order valence-electron chi connectivity index (χ0n) is 20.4. The number of aromatic nitrogens is 3. The maximum absolute atomic E-state index is 12.5. The van der Waals surface area contributed by atoms with E-state index in [-0.39, 0.29) is 11.5 Å². The van der Waals surface area contributed by atoms with E-state index in [4.69, 9.17) is 19.6 Å². The number of pyridine rings is 1. The Morgan fingerprint density at radius 3 is 2.50 bits per heavy atom. The minimum absolute atomic E-state index is 0.107. The van der Waals surface area contributed by atoms with E-state index >= 15 is 0 Å². The van der Waals surface area contributed by atoms with Gasteiger partial charge in [-0.1, -0.05) is 25.5 Å². The van der Waals surface area contributed by atoms with Gasteiger partial charge in [0.1, 0.15) is 17.1 Å². The number of benzene rings is 1. The molecule has 1 aromatic carbocycles. The van der Waals surface area contributed by atoms with Crippen molar-refractivity contribution >= 4 is 33.0 Å². The molecule has 2 N–H and O–H groups in total. The van der Waals surface area contributed by atoms with E-state index in [0.717, 1.165) is 53.8 Å². The first-order valence-corrected chi connectivity index (χ1v) is 13.0. The normalized spacial score (nSPS) is 12.1. The third-order valence-corrected chi connectivity index (χ3v) is 7.00. The Balaban J connectivity index is 1.74. The predicted octanol–water partition coefficient (Wildman–Crippen LogP) is 4.89. The van der Waals surface area contributed by atoms with Crippen LogP contribution in [0.25, 0.3) is 17.1 Å². The molecule has 0 aliphatic rings. The Hall–Kier alpha value is -2.91. The molecule has 0 amide bonds. The van der Waals surface area contributed by atoms with Crippen molar-refractivity contribution < 1.29 is 17.3 Å². The highest BCUT2D eigenvalue weighted by atomic mass is 32.2. The van der Waals surface area contributed by atoms with Gasteiger partial charge < -0.3 is 15.0 Å². The SMILES string of the molecule is C/C=C\c1c(C)nc(N)c2nc(CCCC)n(CCCCOS(=O)(=O)c3ccc(OC)cc3)c12. The van der Waals surface area contributed by atoms with Crippen molar-refractivity contribution in [2.45, 2.75) is 64.3 Å². The standard InChI is InChI=1S/C25H34N4O4S/c1-5-7-11-22-28-23-24(21(10-6-2)18(3)27-25(23)26)29(22)16-8-9-17-33-34(30,31)20-14-12-19(32-4)13-15-20/h6,10,12-15H,5,7-9,11,16-17H2,1-4H3,(H2,26,27)/b10-6-. The van der Waals surface area contributed by atoms with E-state index in [1.807, 2.05) is 26.0 Å². The van der Waals surface area contributed by atoms with Gasteiger partial charge in [-0.25, -0.2) is 9.97 Å². The van der Waals surface area contributed by atoms with Crippen LogP contribution in [0, 0.1) is 6.92 Å². The summed E-state index contributed by atoms with van der Waals surface area (Å²) >= 11 is 0. The summed E-state index contributed by atoms with van der Waals surface area (Å²) in [5, 5.41) is 0. The number of nitrogen functional groups attached to an aromatic ring is 1. The van der Waals surface area contributed by atoms with Gasteiger partial charge in [0.2, 0.25) is 0 Å². The zero-order valence-corrected chi connectivity index (χ0v) is 21.2. The van der Waals surface area contributed by atoms with Gasteiger partial charge in [-0.3, -0.25) is 4.18 Å². The lowest BCUT2D eigenvalue weighted by atomic mass is 10.1. The summed E-state index contributed by atoms with van der Waals surface area (Å²) < 4.78 is 37.5. The Kier molecular flexibility index (Phi) is 8.68. The van der Waals surface area contributed by atoms with Crippen molar-refractivity contribution in [3.8, 4) is 5.75 Å². The van der Waals surface area contributed by atoms with Gasteiger partial charge in [0, 0.05) is 24.2 Å². The fourth-order valence-corrected chi connectivity index (χ4v) is 4.84. The van der Waals surface area contributed by atoms with Crippen LogP contribution >= 0.6 is 0 Å². The quantitative estimate of drug-likeness (QED) is 0.287. The van der Waals surface area contributed by atoms with E-state index in [1.165, 1.54) is 19.2 Å². The lowest BCUT2D eigenvalue weighted by Gasteiger charge is -2.12. The second-order valence-electron chi connectivity index (χ2n) is 8.14. The van der Waals surface area contributed by atoms with Gasteiger partial charge in [0.05, 0.1) is 24.1 Å². The number of aryl methyl sites for hydroxylation is 3. The number of unbranched alkanes of at least 4 members (excludes halogenated alkanes) is 2.